The molecule has 0 fully saturated rings. The second kappa shape index (κ2) is 6.67. The molecule has 0 saturated carbocycles. The molecule has 0 saturated heterocycles. The average Bonchev–Trinajstić information content (AvgIpc) is 3.12. The van der Waals surface area contributed by atoms with Crippen LogP contribution >= 0.6 is 23.1 Å². The number of rotatable bonds is 5. The number of carbonyl (C=O) groups is 1. The number of hydrogen-bond acceptors (Lipinski definition) is 5. The molecule has 23 heavy (non-hydrogen) atoms. The van der Waals surface area contributed by atoms with Crippen molar-refractivity contribution in [2.45, 2.75) is 24.7 Å². The minimum absolute atomic E-state index is 0.0678. The van der Waals surface area contributed by atoms with Crippen LogP contribution in [-0.4, -0.2) is 37.8 Å². The molecule has 2 aromatic heterocycles. The molecule has 2 heterocycles. The quantitative estimate of drug-likeness (QED) is 0.835. The lowest BCUT2D eigenvalue weighted by atomic mass is 10.0. The van der Waals surface area contributed by atoms with Crippen molar-refractivity contribution >= 4 is 34.6 Å². The lowest BCUT2D eigenvalue weighted by molar-refractivity contribution is -0.133. The first kappa shape index (κ1) is 15.9. The fraction of sp³-hybridized carbons (Fsp3) is 0.267. The van der Waals surface area contributed by atoms with Crippen LogP contribution in [0.5, 0.6) is 0 Å². The summed E-state index contributed by atoms with van der Waals surface area (Å²) < 4.78 is 15.0. The summed E-state index contributed by atoms with van der Waals surface area (Å²) in [7, 11) is 0. The lowest BCUT2D eigenvalue weighted by Crippen LogP contribution is -2.00. The van der Waals surface area contributed by atoms with Gasteiger partial charge in [-0.25, -0.2) is 4.39 Å². The van der Waals surface area contributed by atoms with Gasteiger partial charge in [0, 0.05) is 11.3 Å². The van der Waals surface area contributed by atoms with Crippen LogP contribution in [0.25, 0.3) is 10.6 Å². The van der Waals surface area contributed by atoms with Gasteiger partial charge >= 0.3 is 5.97 Å². The van der Waals surface area contributed by atoms with Gasteiger partial charge in [-0.05, 0) is 30.2 Å². The summed E-state index contributed by atoms with van der Waals surface area (Å²) in [4.78, 5) is 11.8. The number of halogens is 1. The molecule has 120 valence electrons. The maximum Gasteiger partial charge on any atom is 0.313 e. The van der Waals surface area contributed by atoms with Crippen LogP contribution in [0.15, 0.2) is 35.8 Å². The van der Waals surface area contributed by atoms with Gasteiger partial charge in [0.2, 0.25) is 0 Å². The van der Waals surface area contributed by atoms with Gasteiger partial charge in [-0.2, -0.15) is 0 Å². The van der Waals surface area contributed by atoms with Crippen LogP contribution in [0.3, 0.4) is 0 Å². The van der Waals surface area contributed by atoms with E-state index in [0.717, 1.165) is 32.8 Å². The number of thioether (sulfide) groups is 1. The van der Waals surface area contributed by atoms with Crippen molar-refractivity contribution in [2.24, 2.45) is 0 Å². The Labute approximate surface area is 140 Å². The Bertz CT molecular complexity index is 794. The summed E-state index contributed by atoms with van der Waals surface area (Å²) in [6.45, 7) is 2.00. The highest BCUT2D eigenvalue weighted by molar-refractivity contribution is 7.99. The van der Waals surface area contributed by atoms with Gasteiger partial charge in [-0.3, -0.25) is 9.36 Å². The molecular weight excluding hydrogens is 337 g/mol. The predicted molar refractivity (Wildman–Crippen MR) is 89.0 cm³/mol. The first-order valence-electron chi connectivity index (χ1n) is 6.93. The number of allylic oxidation sites excluding steroid dienone is 4. The van der Waals surface area contributed by atoms with Crippen molar-refractivity contribution in [1.82, 2.24) is 14.8 Å². The van der Waals surface area contributed by atoms with Crippen LogP contribution in [0.2, 0.25) is 0 Å². The Hall–Kier alpha value is -1.93. The first-order valence-corrected chi connectivity index (χ1v) is 8.73. The zero-order valence-electron chi connectivity index (χ0n) is 12.3. The van der Waals surface area contributed by atoms with E-state index in [1.54, 1.807) is 28.3 Å². The fourth-order valence-corrected chi connectivity index (χ4v) is 4.10. The van der Waals surface area contributed by atoms with Gasteiger partial charge in [0.05, 0.1) is 5.75 Å². The largest absolute Gasteiger partial charge is 0.481 e. The Morgan fingerprint density at radius 3 is 3.13 bits per heavy atom. The molecule has 0 aromatic carbocycles. The van der Waals surface area contributed by atoms with Gasteiger partial charge in [0.15, 0.2) is 5.16 Å². The van der Waals surface area contributed by atoms with E-state index in [1.807, 2.05) is 25.1 Å². The highest BCUT2D eigenvalue weighted by atomic mass is 32.2. The number of carboxylic acids is 1. The Kier molecular flexibility index (Phi) is 4.63. The molecule has 1 N–H and O–H groups in total. The zero-order chi connectivity index (χ0) is 16.4. The van der Waals surface area contributed by atoms with E-state index in [0.29, 0.717) is 11.6 Å². The number of aryl methyl sites for hydroxylation is 1. The summed E-state index contributed by atoms with van der Waals surface area (Å²) in [5.41, 5.74) is 2.10. The first-order chi connectivity index (χ1) is 11.0. The third kappa shape index (κ3) is 3.53. The monoisotopic (exact) mass is 351 g/mol. The highest BCUT2D eigenvalue weighted by Crippen LogP contribution is 2.35. The average molecular weight is 351 g/mol. The molecule has 1 aliphatic rings. The molecule has 1 atom stereocenters. The topological polar surface area (TPSA) is 68.0 Å². The number of hydrogen-bond donors (Lipinski definition) is 1. The molecule has 0 aliphatic heterocycles. The predicted octanol–water partition coefficient (Wildman–Crippen LogP) is 3.50. The Morgan fingerprint density at radius 2 is 2.43 bits per heavy atom. The SMILES string of the molecule is Cc1cc(-n2cnnc2SCC(=O)O)sc1C1=CCC(F)C=C1. The van der Waals surface area contributed by atoms with Crippen LogP contribution in [-0.2, 0) is 4.79 Å². The van der Waals surface area contributed by atoms with E-state index in [4.69, 9.17) is 5.11 Å². The van der Waals surface area contributed by atoms with E-state index in [1.165, 1.54) is 0 Å². The standard InChI is InChI=1S/C15H14FN3O2S2/c1-9-6-12(19-8-17-18-15(19)22-7-13(20)21)23-14(9)10-2-4-11(16)5-3-10/h2-4,6,8,11H,5,7H2,1H3,(H,20,21). The summed E-state index contributed by atoms with van der Waals surface area (Å²) >= 11 is 2.68. The number of nitrogens with zero attached hydrogens (tertiary/aromatic N) is 3. The molecular formula is C15H14FN3O2S2. The minimum atomic E-state index is -0.907. The van der Waals surface area contributed by atoms with Gasteiger partial charge in [-0.15, -0.1) is 21.5 Å². The molecule has 1 unspecified atom stereocenters. The summed E-state index contributed by atoms with van der Waals surface area (Å²) in [5.74, 6) is -0.965. The molecule has 0 spiro atoms. The smallest absolute Gasteiger partial charge is 0.313 e. The van der Waals surface area contributed by atoms with E-state index in [9.17, 15) is 9.18 Å². The van der Waals surface area contributed by atoms with Crippen molar-refractivity contribution in [3.05, 3.63) is 41.1 Å². The van der Waals surface area contributed by atoms with Crippen LogP contribution < -0.4 is 0 Å². The summed E-state index contributed by atoms with van der Waals surface area (Å²) in [6, 6.07) is 2.00. The van der Waals surface area contributed by atoms with Crippen molar-refractivity contribution in [1.29, 1.82) is 0 Å². The Morgan fingerprint density at radius 1 is 1.61 bits per heavy atom. The maximum absolute atomic E-state index is 13.2. The molecule has 0 bridgehead atoms. The number of carboxylic acid groups (broad SMARTS) is 1. The molecule has 8 heteroatoms. The van der Waals surface area contributed by atoms with Crippen molar-refractivity contribution < 1.29 is 14.3 Å². The molecule has 0 amide bonds. The van der Waals surface area contributed by atoms with Crippen LogP contribution in [0.1, 0.15) is 16.9 Å². The fourth-order valence-electron chi connectivity index (χ4n) is 2.23. The summed E-state index contributed by atoms with van der Waals surface area (Å²) in [5, 5.41) is 18.1. The van der Waals surface area contributed by atoms with Gasteiger partial charge in [-0.1, -0.05) is 23.9 Å². The van der Waals surface area contributed by atoms with Gasteiger partial charge in [0.1, 0.15) is 17.5 Å². The van der Waals surface area contributed by atoms with Gasteiger partial charge < -0.3 is 5.11 Å². The van der Waals surface area contributed by atoms with E-state index in [2.05, 4.69) is 10.2 Å². The highest BCUT2D eigenvalue weighted by Gasteiger charge is 2.16. The second-order valence-electron chi connectivity index (χ2n) is 5.03. The Balaban J connectivity index is 1.88. The third-order valence-corrected chi connectivity index (χ3v) is 5.51. The number of thiophene rings is 1. The van der Waals surface area contributed by atoms with E-state index >= 15 is 0 Å². The summed E-state index contributed by atoms with van der Waals surface area (Å²) in [6.07, 6.45) is 6.34. The van der Waals surface area contributed by atoms with Crippen molar-refractivity contribution in [3.63, 3.8) is 0 Å². The van der Waals surface area contributed by atoms with Gasteiger partial charge in [0.25, 0.3) is 0 Å². The van der Waals surface area contributed by atoms with Crippen LogP contribution in [0, 0.1) is 6.92 Å². The number of aliphatic carboxylic acids is 1. The zero-order valence-corrected chi connectivity index (χ0v) is 13.9. The molecule has 3 rings (SSSR count). The maximum atomic E-state index is 13.2. The number of aromatic nitrogens is 3. The normalized spacial score (nSPS) is 17.3. The van der Waals surface area contributed by atoms with E-state index < -0.39 is 12.1 Å². The molecule has 1 aliphatic carbocycles. The lowest BCUT2D eigenvalue weighted by Gasteiger charge is -2.08. The van der Waals surface area contributed by atoms with Crippen molar-refractivity contribution in [3.8, 4) is 5.00 Å². The van der Waals surface area contributed by atoms with E-state index in [-0.39, 0.29) is 5.75 Å². The molecule has 5 nitrogen and oxygen atoms in total. The second-order valence-corrected chi connectivity index (χ2v) is 7.01. The minimum Gasteiger partial charge on any atom is -0.481 e. The molecule has 0 radical (unpaired) electrons. The van der Waals surface area contributed by atoms with Crippen molar-refractivity contribution in [2.75, 3.05) is 5.75 Å². The third-order valence-electron chi connectivity index (χ3n) is 3.29. The molecule has 2 aromatic rings. The number of alkyl halides is 1. The van der Waals surface area contributed by atoms with Crippen LogP contribution in [0.4, 0.5) is 4.39 Å².